The first-order valence-corrected chi connectivity index (χ1v) is 10.8. The van der Waals surface area contributed by atoms with E-state index in [1.165, 1.54) is 0 Å². The molecular formula is C20H22N4OS2. The highest BCUT2D eigenvalue weighted by molar-refractivity contribution is 7.99. The number of hydrogen-bond acceptors (Lipinski definition) is 5. The van der Waals surface area contributed by atoms with Crippen molar-refractivity contribution in [2.75, 3.05) is 17.3 Å². The van der Waals surface area contributed by atoms with Crippen LogP contribution in [-0.4, -0.2) is 32.7 Å². The number of para-hydroxylation sites is 2. The molecule has 1 N–H and O–H groups in total. The lowest BCUT2D eigenvalue weighted by Crippen LogP contribution is -2.13. The summed E-state index contributed by atoms with van der Waals surface area (Å²) in [6, 6.07) is 16.0. The van der Waals surface area contributed by atoms with Gasteiger partial charge in [-0.1, -0.05) is 42.1 Å². The normalized spacial score (nSPS) is 10.8. The van der Waals surface area contributed by atoms with Crippen molar-refractivity contribution in [3.05, 3.63) is 59.9 Å². The van der Waals surface area contributed by atoms with Gasteiger partial charge in [-0.3, -0.25) is 9.36 Å². The molecule has 0 aliphatic heterocycles. The minimum Gasteiger partial charge on any atom is -0.325 e. The van der Waals surface area contributed by atoms with E-state index in [4.69, 9.17) is 0 Å². The molecule has 3 rings (SSSR count). The molecule has 1 heterocycles. The van der Waals surface area contributed by atoms with Crippen molar-refractivity contribution in [2.24, 2.45) is 0 Å². The summed E-state index contributed by atoms with van der Waals surface area (Å²) >= 11 is 3.16. The number of amides is 1. The standard InChI is InChI=1S/C20H22N4OS2/c1-14-8-4-6-10-17(14)24-15(2)22-23-20(24)27-13-12-19(25)21-16-9-5-7-11-18(16)26-3/h4-11H,12-13H2,1-3H3,(H,21,25). The van der Waals surface area contributed by atoms with Gasteiger partial charge >= 0.3 is 0 Å². The van der Waals surface area contributed by atoms with E-state index in [9.17, 15) is 4.79 Å². The lowest BCUT2D eigenvalue weighted by Gasteiger charge is -2.11. The Hall–Kier alpha value is -2.25. The third kappa shape index (κ3) is 4.73. The minimum absolute atomic E-state index is 0.00248. The number of benzene rings is 2. The summed E-state index contributed by atoms with van der Waals surface area (Å²) in [7, 11) is 0. The lowest BCUT2D eigenvalue weighted by atomic mass is 10.2. The quantitative estimate of drug-likeness (QED) is 0.583. The van der Waals surface area contributed by atoms with E-state index in [1.54, 1.807) is 23.5 Å². The van der Waals surface area contributed by atoms with Crippen molar-refractivity contribution in [3.63, 3.8) is 0 Å². The SMILES string of the molecule is CSc1ccccc1NC(=O)CCSc1nnc(C)n1-c1ccccc1C. The number of anilines is 1. The summed E-state index contributed by atoms with van der Waals surface area (Å²) in [4.78, 5) is 13.4. The monoisotopic (exact) mass is 398 g/mol. The summed E-state index contributed by atoms with van der Waals surface area (Å²) < 4.78 is 2.04. The van der Waals surface area contributed by atoms with Crippen LogP contribution in [-0.2, 0) is 4.79 Å². The molecule has 5 nitrogen and oxygen atoms in total. The van der Waals surface area contributed by atoms with Crippen LogP contribution in [0.4, 0.5) is 5.69 Å². The van der Waals surface area contributed by atoms with E-state index in [0.717, 1.165) is 32.8 Å². The van der Waals surface area contributed by atoms with E-state index in [2.05, 4.69) is 34.6 Å². The van der Waals surface area contributed by atoms with Gasteiger partial charge in [-0.15, -0.1) is 22.0 Å². The van der Waals surface area contributed by atoms with E-state index >= 15 is 0 Å². The summed E-state index contributed by atoms with van der Waals surface area (Å²) in [6.45, 7) is 4.01. The van der Waals surface area contributed by atoms with Gasteiger partial charge < -0.3 is 5.32 Å². The number of thioether (sulfide) groups is 2. The van der Waals surface area contributed by atoms with Gasteiger partial charge in [-0.25, -0.2) is 0 Å². The molecular weight excluding hydrogens is 376 g/mol. The molecule has 0 saturated carbocycles. The van der Waals surface area contributed by atoms with Gasteiger partial charge in [0.15, 0.2) is 5.16 Å². The Kier molecular flexibility index (Phi) is 6.58. The van der Waals surface area contributed by atoms with Crippen LogP contribution in [0.15, 0.2) is 58.6 Å². The van der Waals surface area contributed by atoms with E-state index in [0.29, 0.717) is 12.2 Å². The number of nitrogens with zero attached hydrogens (tertiary/aromatic N) is 3. The topological polar surface area (TPSA) is 59.8 Å². The zero-order valence-electron chi connectivity index (χ0n) is 15.6. The van der Waals surface area contributed by atoms with E-state index < -0.39 is 0 Å². The van der Waals surface area contributed by atoms with Crippen molar-refractivity contribution >= 4 is 35.1 Å². The first-order chi connectivity index (χ1) is 13.1. The predicted molar refractivity (Wildman–Crippen MR) is 113 cm³/mol. The number of rotatable bonds is 7. The second-order valence-electron chi connectivity index (χ2n) is 6.00. The maximum Gasteiger partial charge on any atom is 0.225 e. The number of carbonyl (C=O) groups excluding carboxylic acids is 1. The van der Waals surface area contributed by atoms with Crippen molar-refractivity contribution in [1.82, 2.24) is 14.8 Å². The molecule has 0 bridgehead atoms. The molecule has 2 aromatic carbocycles. The Morgan fingerprint density at radius 1 is 1.07 bits per heavy atom. The number of aromatic nitrogens is 3. The molecule has 7 heteroatoms. The average Bonchev–Trinajstić information content (AvgIpc) is 3.03. The number of hydrogen-bond donors (Lipinski definition) is 1. The van der Waals surface area contributed by atoms with Crippen molar-refractivity contribution in [2.45, 2.75) is 30.3 Å². The molecule has 0 saturated heterocycles. The minimum atomic E-state index is 0.00248. The molecule has 3 aromatic rings. The highest BCUT2D eigenvalue weighted by Gasteiger charge is 2.14. The number of carbonyl (C=O) groups is 1. The van der Waals surface area contributed by atoms with Crippen LogP contribution < -0.4 is 5.32 Å². The zero-order chi connectivity index (χ0) is 19.2. The highest BCUT2D eigenvalue weighted by Crippen LogP contribution is 2.26. The largest absolute Gasteiger partial charge is 0.325 e. The smallest absolute Gasteiger partial charge is 0.225 e. The Morgan fingerprint density at radius 3 is 2.59 bits per heavy atom. The molecule has 0 atom stereocenters. The molecule has 0 aliphatic rings. The van der Waals surface area contributed by atoms with Crippen LogP contribution in [0.1, 0.15) is 17.8 Å². The Balaban J connectivity index is 1.63. The van der Waals surface area contributed by atoms with Gasteiger partial charge in [-0.2, -0.15) is 0 Å². The Bertz CT molecular complexity index is 939. The summed E-state index contributed by atoms with van der Waals surface area (Å²) in [6.07, 6.45) is 2.41. The first kappa shape index (κ1) is 19.5. The summed E-state index contributed by atoms with van der Waals surface area (Å²) in [5, 5.41) is 12.3. The average molecular weight is 399 g/mol. The van der Waals surface area contributed by atoms with Gasteiger partial charge in [0, 0.05) is 17.1 Å². The van der Waals surface area contributed by atoms with Crippen molar-refractivity contribution in [3.8, 4) is 5.69 Å². The van der Waals surface area contributed by atoms with Crippen molar-refractivity contribution in [1.29, 1.82) is 0 Å². The predicted octanol–water partition coefficient (Wildman–Crippen LogP) is 4.73. The molecule has 0 radical (unpaired) electrons. The fourth-order valence-corrected chi connectivity index (χ4v) is 4.21. The van der Waals surface area contributed by atoms with Crippen LogP contribution in [0, 0.1) is 13.8 Å². The van der Waals surface area contributed by atoms with E-state index in [-0.39, 0.29) is 5.91 Å². The summed E-state index contributed by atoms with van der Waals surface area (Å²) in [5.41, 5.74) is 3.09. The van der Waals surface area contributed by atoms with Crippen molar-refractivity contribution < 1.29 is 4.79 Å². The van der Waals surface area contributed by atoms with Crippen LogP contribution in [0.2, 0.25) is 0 Å². The third-order valence-electron chi connectivity index (χ3n) is 4.09. The highest BCUT2D eigenvalue weighted by atomic mass is 32.2. The third-order valence-corrected chi connectivity index (χ3v) is 5.82. The second kappa shape index (κ2) is 9.10. The van der Waals surface area contributed by atoms with Gasteiger partial charge in [0.2, 0.25) is 5.91 Å². The molecule has 0 unspecified atom stereocenters. The first-order valence-electron chi connectivity index (χ1n) is 8.64. The molecule has 0 fully saturated rings. The van der Waals surface area contributed by atoms with Crippen LogP contribution in [0.25, 0.3) is 5.69 Å². The maximum absolute atomic E-state index is 12.3. The maximum atomic E-state index is 12.3. The van der Waals surface area contributed by atoms with Crippen LogP contribution in [0.3, 0.4) is 0 Å². The van der Waals surface area contributed by atoms with Crippen LogP contribution >= 0.6 is 23.5 Å². The Morgan fingerprint density at radius 2 is 1.81 bits per heavy atom. The fraction of sp³-hybridized carbons (Fsp3) is 0.250. The second-order valence-corrected chi connectivity index (χ2v) is 7.91. The molecule has 27 heavy (non-hydrogen) atoms. The molecule has 140 valence electrons. The molecule has 0 aliphatic carbocycles. The molecule has 1 aromatic heterocycles. The van der Waals surface area contributed by atoms with Gasteiger partial charge in [0.25, 0.3) is 0 Å². The fourth-order valence-electron chi connectivity index (χ4n) is 2.72. The molecule has 1 amide bonds. The number of nitrogens with one attached hydrogen (secondary N) is 1. The number of aryl methyl sites for hydroxylation is 2. The van der Waals surface area contributed by atoms with E-state index in [1.807, 2.05) is 54.1 Å². The summed E-state index contributed by atoms with van der Waals surface area (Å²) in [5.74, 6) is 1.48. The zero-order valence-corrected chi connectivity index (χ0v) is 17.2. The van der Waals surface area contributed by atoms with Crippen LogP contribution in [0.5, 0.6) is 0 Å². The van der Waals surface area contributed by atoms with Gasteiger partial charge in [0.05, 0.1) is 11.4 Å². The molecule has 0 spiro atoms. The van der Waals surface area contributed by atoms with Gasteiger partial charge in [0.1, 0.15) is 5.82 Å². The lowest BCUT2D eigenvalue weighted by molar-refractivity contribution is -0.115. The Labute approximate surface area is 168 Å². The van der Waals surface area contributed by atoms with Gasteiger partial charge in [-0.05, 0) is 43.9 Å².